The van der Waals surface area contributed by atoms with Crippen molar-refractivity contribution in [1.82, 2.24) is 20.0 Å². The first-order valence-corrected chi connectivity index (χ1v) is 8.66. The zero-order valence-electron chi connectivity index (χ0n) is 12.2. The van der Waals surface area contributed by atoms with E-state index < -0.39 is 11.6 Å². The van der Waals surface area contributed by atoms with Crippen LogP contribution in [0.2, 0.25) is 0 Å². The summed E-state index contributed by atoms with van der Waals surface area (Å²) < 4.78 is 29.5. The van der Waals surface area contributed by atoms with Gasteiger partial charge in [0.2, 0.25) is 5.13 Å². The van der Waals surface area contributed by atoms with Crippen LogP contribution < -0.4 is 5.32 Å². The molecule has 3 aromatic rings. The monoisotopic (exact) mass is 353 g/mol. The summed E-state index contributed by atoms with van der Waals surface area (Å²) in [7, 11) is 0. The summed E-state index contributed by atoms with van der Waals surface area (Å²) in [5.41, 5.74) is 0.534. The number of anilines is 1. The lowest BCUT2D eigenvalue weighted by Crippen LogP contribution is -2.02. The van der Waals surface area contributed by atoms with Crippen LogP contribution in [0, 0.1) is 11.6 Å². The smallest absolute Gasteiger partial charge is 0.206 e. The molecule has 0 saturated carbocycles. The van der Waals surface area contributed by atoms with Crippen LogP contribution in [0.15, 0.2) is 34.8 Å². The maximum Gasteiger partial charge on any atom is 0.206 e. The van der Waals surface area contributed by atoms with Gasteiger partial charge in [-0.05, 0) is 25.1 Å². The van der Waals surface area contributed by atoms with Gasteiger partial charge in [-0.3, -0.25) is 0 Å². The van der Waals surface area contributed by atoms with E-state index in [4.69, 9.17) is 0 Å². The molecule has 9 heteroatoms. The Hall–Kier alpha value is -2.00. The highest BCUT2D eigenvalue weighted by Gasteiger charge is 2.12. The fraction of sp³-hybridized carbons (Fsp3) is 0.214. The van der Waals surface area contributed by atoms with Crippen molar-refractivity contribution in [1.29, 1.82) is 0 Å². The van der Waals surface area contributed by atoms with E-state index in [1.54, 1.807) is 12.3 Å². The Morgan fingerprint density at radius 2 is 2.00 bits per heavy atom. The first-order chi connectivity index (χ1) is 11.2. The molecule has 3 rings (SSSR count). The lowest BCUT2D eigenvalue weighted by molar-refractivity contribution is 0.559. The second-order valence-electron chi connectivity index (χ2n) is 4.51. The normalized spacial score (nSPS) is 10.9. The number of hydrogen-bond acceptors (Lipinski definition) is 6. The van der Waals surface area contributed by atoms with Crippen molar-refractivity contribution in [3.05, 3.63) is 47.8 Å². The Morgan fingerprint density at radius 1 is 1.22 bits per heavy atom. The number of halogens is 2. The molecule has 1 aromatic carbocycles. The Balaban J connectivity index is 1.70. The zero-order chi connectivity index (χ0) is 16.2. The molecule has 0 aliphatic heterocycles. The maximum atomic E-state index is 13.7. The average molecular weight is 353 g/mol. The minimum Gasteiger partial charge on any atom is -0.360 e. The highest BCUT2D eigenvalue weighted by molar-refractivity contribution is 8.00. The fourth-order valence-electron chi connectivity index (χ4n) is 1.90. The van der Waals surface area contributed by atoms with Crippen LogP contribution in [0.1, 0.15) is 12.6 Å². The number of rotatable bonds is 6. The molecular formula is C14H13F2N5S2. The second kappa shape index (κ2) is 7.05. The molecule has 0 saturated heterocycles. The molecular weight excluding hydrogens is 340 g/mol. The maximum absolute atomic E-state index is 13.7. The molecule has 0 spiro atoms. The van der Waals surface area contributed by atoms with Crippen LogP contribution >= 0.6 is 23.1 Å². The van der Waals surface area contributed by atoms with E-state index in [0.717, 1.165) is 16.0 Å². The zero-order valence-corrected chi connectivity index (χ0v) is 13.8. The number of thioether (sulfide) groups is 1. The van der Waals surface area contributed by atoms with Crippen molar-refractivity contribution in [2.24, 2.45) is 0 Å². The van der Waals surface area contributed by atoms with Gasteiger partial charge in [0, 0.05) is 18.5 Å². The molecule has 0 bridgehead atoms. The first kappa shape index (κ1) is 15.9. The van der Waals surface area contributed by atoms with Crippen molar-refractivity contribution in [3.63, 3.8) is 0 Å². The molecule has 2 heterocycles. The van der Waals surface area contributed by atoms with Crippen LogP contribution in [0.25, 0.3) is 5.69 Å². The molecule has 0 atom stereocenters. The first-order valence-electron chi connectivity index (χ1n) is 6.86. The van der Waals surface area contributed by atoms with Gasteiger partial charge in [-0.1, -0.05) is 29.2 Å². The summed E-state index contributed by atoms with van der Waals surface area (Å²) in [5.74, 6) is -0.748. The Bertz CT molecular complexity index is 782. The molecule has 120 valence electrons. The molecule has 0 aliphatic carbocycles. The molecule has 0 aliphatic rings. The molecule has 1 N–H and O–H groups in total. The standard InChI is InChI=1S/C14H13F2N5S2/c1-2-17-13-18-19-14(23-13)22-8-9-6-7-21(20-9)12-10(15)4-3-5-11(12)16/h3-7H,2,8H2,1H3,(H,17,18). The summed E-state index contributed by atoms with van der Waals surface area (Å²) in [6.07, 6.45) is 1.54. The van der Waals surface area contributed by atoms with Gasteiger partial charge in [-0.2, -0.15) is 5.10 Å². The van der Waals surface area contributed by atoms with Crippen LogP contribution in [0.3, 0.4) is 0 Å². The highest BCUT2D eigenvalue weighted by atomic mass is 32.2. The molecule has 0 radical (unpaired) electrons. The predicted octanol–water partition coefficient (Wildman–Crippen LogP) is 3.73. The molecule has 0 amide bonds. The van der Waals surface area contributed by atoms with Gasteiger partial charge in [-0.15, -0.1) is 10.2 Å². The summed E-state index contributed by atoms with van der Waals surface area (Å²) in [4.78, 5) is 0. The molecule has 5 nitrogen and oxygen atoms in total. The van der Waals surface area contributed by atoms with E-state index >= 15 is 0 Å². The Kier molecular flexibility index (Phi) is 4.87. The van der Waals surface area contributed by atoms with Crippen molar-refractivity contribution in [3.8, 4) is 5.69 Å². The molecule has 23 heavy (non-hydrogen) atoms. The van der Waals surface area contributed by atoms with Gasteiger partial charge in [0.15, 0.2) is 16.0 Å². The van der Waals surface area contributed by atoms with Gasteiger partial charge in [0.1, 0.15) is 5.69 Å². The molecule has 0 unspecified atom stereocenters. The fourth-order valence-corrected chi connectivity index (χ4v) is 3.62. The summed E-state index contributed by atoms with van der Waals surface area (Å²) >= 11 is 2.94. The topological polar surface area (TPSA) is 55.6 Å². The highest BCUT2D eigenvalue weighted by Crippen LogP contribution is 2.28. The van der Waals surface area contributed by atoms with Crippen molar-refractivity contribution in [2.75, 3.05) is 11.9 Å². The lowest BCUT2D eigenvalue weighted by Gasteiger charge is -2.04. The van der Waals surface area contributed by atoms with E-state index in [1.807, 2.05) is 6.92 Å². The van der Waals surface area contributed by atoms with E-state index in [9.17, 15) is 8.78 Å². The third-order valence-corrected chi connectivity index (χ3v) is 4.94. The Morgan fingerprint density at radius 3 is 2.74 bits per heavy atom. The number of nitrogens with zero attached hydrogens (tertiary/aromatic N) is 4. The van der Waals surface area contributed by atoms with Gasteiger partial charge in [-0.25, -0.2) is 13.5 Å². The number of nitrogens with one attached hydrogen (secondary N) is 1. The summed E-state index contributed by atoms with van der Waals surface area (Å²) in [6.45, 7) is 2.78. The van der Waals surface area contributed by atoms with E-state index in [0.29, 0.717) is 11.4 Å². The average Bonchev–Trinajstić information content (AvgIpc) is 3.15. The number of hydrogen-bond donors (Lipinski definition) is 1. The third kappa shape index (κ3) is 3.67. The van der Waals surface area contributed by atoms with Crippen LogP contribution in [-0.4, -0.2) is 26.5 Å². The minimum atomic E-state index is -0.647. The SMILES string of the molecule is CCNc1nnc(SCc2ccn(-c3c(F)cccc3F)n2)s1. The Labute approximate surface area is 139 Å². The van der Waals surface area contributed by atoms with Gasteiger partial charge in [0.05, 0.1) is 5.69 Å². The van der Waals surface area contributed by atoms with Crippen LogP contribution in [0.4, 0.5) is 13.9 Å². The van der Waals surface area contributed by atoms with Crippen LogP contribution in [0.5, 0.6) is 0 Å². The lowest BCUT2D eigenvalue weighted by atomic mass is 10.3. The van der Waals surface area contributed by atoms with E-state index in [1.165, 1.54) is 46.0 Å². The number of benzene rings is 1. The van der Waals surface area contributed by atoms with Crippen molar-refractivity contribution < 1.29 is 8.78 Å². The predicted molar refractivity (Wildman–Crippen MR) is 87.1 cm³/mol. The van der Waals surface area contributed by atoms with E-state index in [2.05, 4.69) is 20.6 Å². The quantitative estimate of drug-likeness (QED) is 0.685. The van der Waals surface area contributed by atoms with Gasteiger partial charge < -0.3 is 5.32 Å². The summed E-state index contributed by atoms with van der Waals surface area (Å²) in [5, 5.41) is 16.1. The second-order valence-corrected chi connectivity index (χ2v) is 6.71. The minimum absolute atomic E-state index is 0.172. The number of aromatic nitrogens is 4. The van der Waals surface area contributed by atoms with Crippen LogP contribution in [-0.2, 0) is 5.75 Å². The van der Waals surface area contributed by atoms with E-state index in [-0.39, 0.29) is 5.69 Å². The molecule has 0 fully saturated rings. The van der Waals surface area contributed by atoms with Gasteiger partial charge in [0.25, 0.3) is 0 Å². The van der Waals surface area contributed by atoms with Crippen molar-refractivity contribution >= 4 is 28.2 Å². The molecule has 2 aromatic heterocycles. The summed E-state index contributed by atoms with van der Waals surface area (Å²) in [6, 6.07) is 5.47. The van der Waals surface area contributed by atoms with Gasteiger partial charge >= 0.3 is 0 Å². The third-order valence-electron chi connectivity index (χ3n) is 2.89. The number of para-hydroxylation sites is 1. The largest absolute Gasteiger partial charge is 0.360 e. The van der Waals surface area contributed by atoms with Crippen molar-refractivity contribution in [2.45, 2.75) is 17.0 Å².